The second-order valence-corrected chi connectivity index (χ2v) is 4.38. The third kappa shape index (κ3) is 2.67. The molecule has 100 valence electrons. The van der Waals surface area contributed by atoms with Gasteiger partial charge in [-0.1, -0.05) is 30.3 Å². The number of benzene rings is 2. The highest BCUT2D eigenvalue weighted by atomic mass is 16.6. The van der Waals surface area contributed by atoms with E-state index in [1.807, 2.05) is 36.4 Å². The second kappa shape index (κ2) is 5.54. The molecule has 3 aromatic rings. The number of aromatic amines is 1. The van der Waals surface area contributed by atoms with E-state index in [1.165, 1.54) is 0 Å². The van der Waals surface area contributed by atoms with E-state index in [2.05, 4.69) is 15.7 Å². The van der Waals surface area contributed by atoms with E-state index in [9.17, 15) is 4.79 Å². The molecule has 0 aliphatic heterocycles. The summed E-state index contributed by atoms with van der Waals surface area (Å²) in [5.41, 5.74) is 4.86. The summed E-state index contributed by atoms with van der Waals surface area (Å²) in [6, 6.07) is 15.0. The molecular formula is C15H13N3O2. The summed E-state index contributed by atoms with van der Waals surface area (Å²) >= 11 is 0. The molecule has 0 fully saturated rings. The van der Waals surface area contributed by atoms with Crippen molar-refractivity contribution in [3.63, 3.8) is 0 Å². The van der Waals surface area contributed by atoms with Crippen LogP contribution in [0.3, 0.4) is 0 Å². The van der Waals surface area contributed by atoms with Crippen LogP contribution in [0.1, 0.15) is 15.9 Å². The third-order valence-corrected chi connectivity index (χ3v) is 2.95. The molecule has 5 heteroatoms. The van der Waals surface area contributed by atoms with Gasteiger partial charge in [-0.15, -0.1) is 0 Å². The Morgan fingerprint density at radius 3 is 2.90 bits per heavy atom. The Kier molecular flexibility index (Phi) is 3.43. The Bertz CT molecular complexity index is 722. The van der Waals surface area contributed by atoms with Crippen molar-refractivity contribution in [3.8, 4) is 0 Å². The standard InChI is InChI=1S/C15H13N3O2/c19-15(18-20-10-11-4-2-1-3-5-11)12-6-7-14-13(8-12)9-16-17-14/h1-9H,10H2,(H,16,17)(H,18,19). The molecule has 1 amide bonds. The highest BCUT2D eigenvalue weighted by Gasteiger charge is 2.07. The fourth-order valence-corrected chi connectivity index (χ4v) is 1.90. The van der Waals surface area contributed by atoms with E-state index in [1.54, 1.807) is 18.3 Å². The van der Waals surface area contributed by atoms with Crippen molar-refractivity contribution >= 4 is 16.8 Å². The smallest absolute Gasteiger partial charge is 0.274 e. The SMILES string of the molecule is O=C(NOCc1ccccc1)c1ccc2[nH]ncc2c1. The molecule has 0 bridgehead atoms. The van der Waals surface area contributed by atoms with Gasteiger partial charge in [0.15, 0.2) is 0 Å². The molecular weight excluding hydrogens is 254 g/mol. The molecule has 0 atom stereocenters. The fraction of sp³-hybridized carbons (Fsp3) is 0.0667. The van der Waals surface area contributed by atoms with Crippen molar-refractivity contribution in [2.75, 3.05) is 0 Å². The number of nitrogens with one attached hydrogen (secondary N) is 2. The predicted molar refractivity (Wildman–Crippen MR) is 74.8 cm³/mol. The summed E-state index contributed by atoms with van der Waals surface area (Å²) in [4.78, 5) is 17.1. The lowest BCUT2D eigenvalue weighted by molar-refractivity contribution is 0.0233. The number of hydrogen-bond acceptors (Lipinski definition) is 3. The average Bonchev–Trinajstić information content (AvgIpc) is 2.95. The van der Waals surface area contributed by atoms with Gasteiger partial charge in [0, 0.05) is 10.9 Å². The van der Waals surface area contributed by atoms with E-state index in [4.69, 9.17) is 4.84 Å². The molecule has 2 aromatic carbocycles. The summed E-state index contributed by atoms with van der Waals surface area (Å²) in [6.07, 6.45) is 1.68. The molecule has 0 aliphatic rings. The minimum atomic E-state index is -0.274. The summed E-state index contributed by atoms with van der Waals surface area (Å²) in [7, 11) is 0. The lowest BCUT2D eigenvalue weighted by Gasteiger charge is -2.06. The molecule has 1 aromatic heterocycles. The van der Waals surface area contributed by atoms with Crippen LogP contribution in [0.2, 0.25) is 0 Å². The third-order valence-electron chi connectivity index (χ3n) is 2.95. The number of carbonyl (C=O) groups excluding carboxylic acids is 1. The van der Waals surface area contributed by atoms with Crippen LogP contribution in [0.15, 0.2) is 54.7 Å². The minimum Gasteiger partial charge on any atom is -0.278 e. The van der Waals surface area contributed by atoms with Gasteiger partial charge in [0.25, 0.3) is 5.91 Å². The van der Waals surface area contributed by atoms with Gasteiger partial charge in [0.05, 0.1) is 18.3 Å². The molecule has 0 unspecified atom stereocenters. The van der Waals surface area contributed by atoms with Crippen molar-refractivity contribution < 1.29 is 9.63 Å². The number of hydrogen-bond donors (Lipinski definition) is 2. The number of fused-ring (bicyclic) bond motifs is 1. The first-order valence-electron chi connectivity index (χ1n) is 6.22. The van der Waals surface area contributed by atoms with E-state index < -0.39 is 0 Å². The Hall–Kier alpha value is -2.66. The van der Waals surface area contributed by atoms with Crippen molar-refractivity contribution in [3.05, 3.63) is 65.9 Å². The van der Waals surface area contributed by atoms with E-state index >= 15 is 0 Å². The zero-order valence-electron chi connectivity index (χ0n) is 10.7. The summed E-state index contributed by atoms with van der Waals surface area (Å²) in [6.45, 7) is 0.334. The number of H-pyrrole nitrogens is 1. The Morgan fingerprint density at radius 1 is 1.20 bits per heavy atom. The lowest BCUT2D eigenvalue weighted by atomic mass is 10.1. The highest BCUT2D eigenvalue weighted by molar-refractivity contribution is 5.97. The van der Waals surface area contributed by atoms with Gasteiger partial charge < -0.3 is 0 Å². The molecule has 0 spiro atoms. The topological polar surface area (TPSA) is 67.0 Å². The highest BCUT2D eigenvalue weighted by Crippen LogP contribution is 2.12. The second-order valence-electron chi connectivity index (χ2n) is 4.38. The van der Waals surface area contributed by atoms with Crippen LogP contribution in [-0.2, 0) is 11.4 Å². The molecule has 5 nitrogen and oxygen atoms in total. The first-order chi connectivity index (χ1) is 9.83. The van der Waals surface area contributed by atoms with Gasteiger partial charge in [-0.25, -0.2) is 5.48 Å². The number of aromatic nitrogens is 2. The van der Waals surface area contributed by atoms with Crippen molar-refractivity contribution in [1.82, 2.24) is 15.7 Å². The van der Waals surface area contributed by atoms with Crippen LogP contribution in [-0.4, -0.2) is 16.1 Å². The van der Waals surface area contributed by atoms with Gasteiger partial charge in [0.1, 0.15) is 0 Å². The van der Waals surface area contributed by atoms with Crippen molar-refractivity contribution in [1.29, 1.82) is 0 Å². The molecule has 0 saturated heterocycles. The van der Waals surface area contributed by atoms with E-state index in [0.29, 0.717) is 12.2 Å². The maximum Gasteiger partial charge on any atom is 0.274 e. The molecule has 20 heavy (non-hydrogen) atoms. The van der Waals surface area contributed by atoms with Crippen LogP contribution >= 0.6 is 0 Å². The molecule has 1 heterocycles. The number of hydroxylamine groups is 1. The van der Waals surface area contributed by atoms with Crippen molar-refractivity contribution in [2.24, 2.45) is 0 Å². The zero-order chi connectivity index (χ0) is 13.8. The molecule has 0 aliphatic carbocycles. The maximum atomic E-state index is 11.9. The quantitative estimate of drug-likeness (QED) is 0.713. The normalized spacial score (nSPS) is 10.6. The monoisotopic (exact) mass is 267 g/mol. The van der Waals surface area contributed by atoms with Crippen LogP contribution < -0.4 is 5.48 Å². The zero-order valence-corrected chi connectivity index (χ0v) is 10.7. The van der Waals surface area contributed by atoms with Gasteiger partial charge in [-0.3, -0.25) is 14.7 Å². The first kappa shape index (κ1) is 12.4. The van der Waals surface area contributed by atoms with Gasteiger partial charge >= 0.3 is 0 Å². The summed E-state index contributed by atoms with van der Waals surface area (Å²) < 4.78 is 0. The van der Waals surface area contributed by atoms with Crippen LogP contribution in [0.5, 0.6) is 0 Å². The van der Waals surface area contributed by atoms with Crippen LogP contribution in [0, 0.1) is 0 Å². The van der Waals surface area contributed by atoms with Crippen molar-refractivity contribution in [2.45, 2.75) is 6.61 Å². The Balaban J connectivity index is 1.61. The fourth-order valence-electron chi connectivity index (χ4n) is 1.90. The van der Waals surface area contributed by atoms with E-state index in [-0.39, 0.29) is 5.91 Å². The predicted octanol–water partition coefficient (Wildman–Crippen LogP) is 2.42. The lowest BCUT2D eigenvalue weighted by Crippen LogP contribution is -2.23. The molecule has 0 radical (unpaired) electrons. The minimum absolute atomic E-state index is 0.274. The van der Waals surface area contributed by atoms with Crippen LogP contribution in [0.25, 0.3) is 10.9 Å². The Morgan fingerprint density at radius 2 is 2.05 bits per heavy atom. The molecule has 3 rings (SSSR count). The number of amides is 1. The summed E-state index contributed by atoms with van der Waals surface area (Å²) in [5.74, 6) is -0.274. The number of carbonyl (C=O) groups is 1. The van der Waals surface area contributed by atoms with Gasteiger partial charge in [-0.2, -0.15) is 5.10 Å². The Labute approximate surface area is 115 Å². The molecule has 0 saturated carbocycles. The van der Waals surface area contributed by atoms with Crippen LogP contribution in [0.4, 0.5) is 0 Å². The average molecular weight is 267 g/mol. The van der Waals surface area contributed by atoms with Gasteiger partial charge in [0.2, 0.25) is 0 Å². The summed E-state index contributed by atoms with van der Waals surface area (Å²) in [5, 5.41) is 7.64. The number of rotatable bonds is 4. The van der Waals surface area contributed by atoms with Gasteiger partial charge in [-0.05, 0) is 23.8 Å². The molecule has 2 N–H and O–H groups in total. The first-order valence-corrected chi connectivity index (χ1v) is 6.22. The largest absolute Gasteiger partial charge is 0.278 e. The number of nitrogens with zero attached hydrogens (tertiary/aromatic N) is 1. The maximum absolute atomic E-state index is 11.9. The van der Waals surface area contributed by atoms with E-state index in [0.717, 1.165) is 16.5 Å².